The number of methoxy groups -OCH3 is 2. The van der Waals surface area contributed by atoms with Crippen LogP contribution in [-0.4, -0.2) is 44.9 Å². The number of esters is 1. The fraction of sp³-hybridized carbons (Fsp3) is 0.444. The molecule has 1 heterocycles. The Morgan fingerprint density at radius 1 is 1.08 bits per heavy atom. The van der Waals surface area contributed by atoms with Crippen LogP contribution in [0, 0.1) is 0 Å². The van der Waals surface area contributed by atoms with Crippen molar-refractivity contribution >= 4 is 22.6 Å². The first-order chi connectivity index (χ1) is 11.6. The van der Waals surface area contributed by atoms with Crippen LogP contribution in [0.25, 0.3) is 10.9 Å². The molecular weight excluding hydrogens is 308 g/mol. The van der Waals surface area contributed by atoms with Crippen LogP contribution in [0.1, 0.15) is 31.1 Å². The first-order valence-electron chi connectivity index (χ1n) is 8.07. The van der Waals surface area contributed by atoms with Gasteiger partial charge in [-0.2, -0.15) is 0 Å². The van der Waals surface area contributed by atoms with Gasteiger partial charge in [-0.3, -0.25) is 4.98 Å². The molecule has 0 aliphatic carbocycles. The Morgan fingerprint density at radius 3 is 2.25 bits per heavy atom. The number of ether oxygens (including phenoxy) is 3. The highest BCUT2D eigenvalue weighted by Crippen LogP contribution is 2.37. The van der Waals surface area contributed by atoms with Crippen LogP contribution in [0.5, 0.6) is 11.5 Å². The fourth-order valence-electron chi connectivity index (χ4n) is 2.74. The average Bonchev–Trinajstić information content (AvgIpc) is 2.61. The number of fused-ring (bicyclic) bond motifs is 1. The van der Waals surface area contributed by atoms with Crippen molar-refractivity contribution in [3.8, 4) is 11.5 Å². The Balaban J connectivity index is 2.79. The first-order valence-corrected chi connectivity index (χ1v) is 8.07. The summed E-state index contributed by atoms with van der Waals surface area (Å²) in [6.07, 6.45) is 1.57. The third-order valence-corrected chi connectivity index (χ3v) is 3.92. The molecule has 0 saturated heterocycles. The summed E-state index contributed by atoms with van der Waals surface area (Å²) >= 11 is 0. The van der Waals surface area contributed by atoms with E-state index < -0.39 is 0 Å². The van der Waals surface area contributed by atoms with Crippen molar-refractivity contribution in [2.45, 2.75) is 20.8 Å². The van der Waals surface area contributed by atoms with Crippen molar-refractivity contribution in [3.05, 3.63) is 23.9 Å². The molecule has 0 unspecified atom stereocenters. The van der Waals surface area contributed by atoms with Crippen LogP contribution in [-0.2, 0) is 4.74 Å². The van der Waals surface area contributed by atoms with Crippen LogP contribution in [0.4, 0.5) is 5.69 Å². The molecule has 0 aliphatic heterocycles. The lowest BCUT2D eigenvalue weighted by molar-refractivity contribution is 0.0527. The molecule has 0 radical (unpaired) electrons. The van der Waals surface area contributed by atoms with Crippen molar-refractivity contribution in [1.82, 2.24) is 4.98 Å². The van der Waals surface area contributed by atoms with Crippen LogP contribution >= 0.6 is 0 Å². The lowest BCUT2D eigenvalue weighted by Crippen LogP contribution is -2.25. The summed E-state index contributed by atoms with van der Waals surface area (Å²) < 4.78 is 15.9. The van der Waals surface area contributed by atoms with Gasteiger partial charge >= 0.3 is 5.97 Å². The van der Waals surface area contributed by atoms with Crippen molar-refractivity contribution in [2.24, 2.45) is 0 Å². The Morgan fingerprint density at radius 2 is 1.71 bits per heavy atom. The molecule has 0 amide bonds. The van der Waals surface area contributed by atoms with Gasteiger partial charge in [-0.05, 0) is 26.8 Å². The minimum atomic E-state index is -0.372. The first kappa shape index (κ1) is 17.8. The number of rotatable bonds is 7. The van der Waals surface area contributed by atoms with E-state index in [1.165, 1.54) is 0 Å². The molecule has 0 atom stereocenters. The molecule has 2 rings (SSSR count). The van der Waals surface area contributed by atoms with Crippen LogP contribution in [0.15, 0.2) is 18.3 Å². The molecule has 0 saturated carbocycles. The second kappa shape index (κ2) is 7.86. The summed E-state index contributed by atoms with van der Waals surface area (Å²) in [7, 11) is 3.17. The van der Waals surface area contributed by atoms with Gasteiger partial charge in [0.25, 0.3) is 0 Å². The standard InChI is InChI=1S/C18H24N2O4/c1-6-20(7-2)17-12-9-15(22-4)16(23-5)10-14(12)19-11-13(17)18(21)24-8-3/h9-11H,6-8H2,1-5H3. The number of carbonyl (C=O) groups excluding carboxylic acids is 1. The normalized spacial score (nSPS) is 10.5. The fourth-order valence-corrected chi connectivity index (χ4v) is 2.74. The van der Waals surface area contributed by atoms with Gasteiger partial charge < -0.3 is 19.1 Å². The molecule has 1 aromatic heterocycles. The highest BCUT2D eigenvalue weighted by Gasteiger charge is 2.21. The Kier molecular flexibility index (Phi) is 5.84. The predicted molar refractivity (Wildman–Crippen MR) is 94.4 cm³/mol. The summed E-state index contributed by atoms with van der Waals surface area (Å²) in [5, 5.41) is 0.835. The van der Waals surface area contributed by atoms with Crippen LogP contribution in [0.2, 0.25) is 0 Å². The number of hydrogen-bond acceptors (Lipinski definition) is 6. The van der Waals surface area contributed by atoms with Crippen molar-refractivity contribution in [2.75, 3.05) is 38.8 Å². The van der Waals surface area contributed by atoms with E-state index in [2.05, 4.69) is 9.88 Å². The Hall–Kier alpha value is -2.50. The lowest BCUT2D eigenvalue weighted by Gasteiger charge is -2.25. The highest BCUT2D eigenvalue weighted by atomic mass is 16.5. The van der Waals surface area contributed by atoms with Gasteiger partial charge in [0.15, 0.2) is 11.5 Å². The monoisotopic (exact) mass is 332 g/mol. The number of aromatic nitrogens is 1. The third kappa shape index (κ3) is 3.22. The van der Waals surface area contributed by atoms with E-state index in [0.29, 0.717) is 23.7 Å². The van der Waals surface area contributed by atoms with E-state index >= 15 is 0 Å². The van der Waals surface area contributed by atoms with E-state index in [0.717, 1.165) is 29.7 Å². The van der Waals surface area contributed by atoms with Gasteiger partial charge in [0, 0.05) is 30.7 Å². The molecule has 0 bridgehead atoms. The smallest absolute Gasteiger partial charge is 0.341 e. The molecule has 0 aliphatic rings. The second-order valence-electron chi connectivity index (χ2n) is 5.14. The van der Waals surface area contributed by atoms with Crippen LogP contribution in [0.3, 0.4) is 0 Å². The van der Waals surface area contributed by atoms with Gasteiger partial charge in [-0.1, -0.05) is 0 Å². The average molecular weight is 332 g/mol. The zero-order valence-electron chi connectivity index (χ0n) is 14.9. The number of carbonyl (C=O) groups is 1. The summed E-state index contributed by atoms with van der Waals surface area (Å²) in [5.41, 5.74) is 2.01. The molecule has 6 nitrogen and oxygen atoms in total. The molecule has 6 heteroatoms. The minimum Gasteiger partial charge on any atom is -0.493 e. The predicted octanol–water partition coefficient (Wildman–Crippen LogP) is 3.27. The molecule has 0 fully saturated rings. The van der Waals surface area contributed by atoms with Crippen molar-refractivity contribution < 1.29 is 19.0 Å². The number of pyridine rings is 1. The zero-order chi connectivity index (χ0) is 17.7. The van der Waals surface area contributed by atoms with Gasteiger partial charge in [-0.15, -0.1) is 0 Å². The number of nitrogens with zero attached hydrogens (tertiary/aromatic N) is 2. The van der Waals surface area contributed by atoms with Gasteiger partial charge in [0.2, 0.25) is 0 Å². The Bertz CT molecular complexity index is 727. The van der Waals surface area contributed by atoms with E-state index in [4.69, 9.17) is 14.2 Å². The SMILES string of the molecule is CCOC(=O)c1cnc2cc(OC)c(OC)cc2c1N(CC)CC. The third-order valence-electron chi connectivity index (χ3n) is 3.92. The molecule has 2 aromatic rings. The number of hydrogen-bond donors (Lipinski definition) is 0. The summed E-state index contributed by atoms with van der Waals surface area (Å²) in [4.78, 5) is 18.9. The maximum Gasteiger partial charge on any atom is 0.341 e. The van der Waals surface area contributed by atoms with E-state index in [1.54, 1.807) is 27.3 Å². The summed E-state index contributed by atoms with van der Waals surface area (Å²) in [5.74, 6) is 0.830. The number of benzene rings is 1. The maximum atomic E-state index is 12.4. The molecule has 130 valence electrons. The van der Waals surface area contributed by atoms with E-state index in [-0.39, 0.29) is 5.97 Å². The van der Waals surface area contributed by atoms with Crippen molar-refractivity contribution in [1.29, 1.82) is 0 Å². The van der Waals surface area contributed by atoms with Gasteiger partial charge in [-0.25, -0.2) is 4.79 Å². The molecule has 1 aromatic carbocycles. The zero-order valence-corrected chi connectivity index (χ0v) is 14.9. The molecule has 0 N–H and O–H groups in total. The second-order valence-corrected chi connectivity index (χ2v) is 5.14. The largest absolute Gasteiger partial charge is 0.493 e. The van der Waals surface area contributed by atoms with E-state index in [1.807, 2.05) is 26.0 Å². The highest BCUT2D eigenvalue weighted by molar-refractivity contribution is 6.06. The molecule has 24 heavy (non-hydrogen) atoms. The molecule has 0 spiro atoms. The topological polar surface area (TPSA) is 60.9 Å². The van der Waals surface area contributed by atoms with E-state index in [9.17, 15) is 4.79 Å². The Labute approximate surface area is 142 Å². The van der Waals surface area contributed by atoms with Gasteiger partial charge in [0.05, 0.1) is 32.0 Å². The van der Waals surface area contributed by atoms with Crippen LogP contribution < -0.4 is 14.4 Å². The molecular formula is C18H24N2O4. The quantitative estimate of drug-likeness (QED) is 0.725. The number of anilines is 1. The van der Waals surface area contributed by atoms with Crippen molar-refractivity contribution in [3.63, 3.8) is 0 Å². The summed E-state index contributed by atoms with van der Waals surface area (Å²) in [6.45, 7) is 7.72. The van der Waals surface area contributed by atoms with Gasteiger partial charge in [0.1, 0.15) is 5.56 Å². The lowest BCUT2D eigenvalue weighted by atomic mass is 10.1. The maximum absolute atomic E-state index is 12.4. The minimum absolute atomic E-state index is 0.320. The summed E-state index contributed by atoms with van der Waals surface area (Å²) in [6, 6.07) is 3.67.